The molecule has 0 saturated carbocycles. The highest BCUT2D eigenvalue weighted by molar-refractivity contribution is 6.49. The van der Waals surface area contributed by atoms with Gasteiger partial charge in [-0.05, 0) is 60.7 Å². The van der Waals surface area contributed by atoms with Crippen LogP contribution in [0.3, 0.4) is 0 Å². The molecule has 114 valence electrons. The highest BCUT2D eigenvalue weighted by atomic mass is 35.5. The summed E-state index contributed by atoms with van der Waals surface area (Å²) in [5.74, 6) is 0.161. The minimum absolute atomic E-state index is 0.0352. The first-order valence-electron chi connectivity index (χ1n) is 6.95. The summed E-state index contributed by atoms with van der Waals surface area (Å²) in [6.07, 6.45) is 2.95. The minimum Gasteiger partial charge on any atom is -0.497 e. The van der Waals surface area contributed by atoms with E-state index in [9.17, 15) is 4.79 Å². The Kier molecular flexibility index (Phi) is 5.24. The van der Waals surface area contributed by atoms with E-state index in [0.717, 1.165) is 28.9 Å². The lowest BCUT2D eigenvalue weighted by Crippen LogP contribution is -2.08. The number of carbonyl (C=O) groups is 1. The Morgan fingerprint density at radius 1 is 1.45 bits per heavy atom. The summed E-state index contributed by atoms with van der Waals surface area (Å²) in [7, 11) is 1.62. The molecule has 0 unspecified atom stereocenters. The number of halogens is 1. The van der Waals surface area contributed by atoms with Crippen molar-refractivity contribution in [3.63, 3.8) is 0 Å². The molecule has 0 saturated heterocycles. The van der Waals surface area contributed by atoms with Gasteiger partial charge in [0.05, 0.1) is 18.7 Å². The number of fused-ring (bicyclic) bond motifs is 1. The Bertz CT molecular complexity index is 698. The number of nitriles is 1. The van der Waals surface area contributed by atoms with Gasteiger partial charge < -0.3 is 9.47 Å². The van der Waals surface area contributed by atoms with Gasteiger partial charge in [-0.3, -0.25) is 0 Å². The van der Waals surface area contributed by atoms with Crippen molar-refractivity contribution < 1.29 is 14.3 Å². The second-order valence-corrected chi connectivity index (χ2v) is 5.13. The van der Waals surface area contributed by atoms with E-state index < -0.39 is 5.97 Å². The van der Waals surface area contributed by atoms with Crippen molar-refractivity contribution in [2.45, 2.75) is 19.8 Å². The van der Waals surface area contributed by atoms with Crippen molar-refractivity contribution in [3.8, 4) is 11.8 Å². The first kappa shape index (κ1) is 16.1. The van der Waals surface area contributed by atoms with Gasteiger partial charge in [0, 0.05) is 0 Å². The number of benzene rings is 1. The van der Waals surface area contributed by atoms with Crippen LogP contribution in [0.5, 0.6) is 5.75 Å². The summed E-state index contributed by atoms with van der Waals surface area (Å²) in [5.41, 5.74) is 2.73. The van der Waals surface area contributed by atoms with Crippen LogP contribution in [0.25, 0.3) is 5.03 Å². The molecule has 4 nitrogen and oxygen atoms in total. The second kappa shape index (κ2) is 7.15. The zero-order chi connectivity index (χ0) is 16.1. The van der Waals surface area contributed by atoms with Gasteiger partial charge in [0.15, 0.2) is 0 Å². The van der Waals surface area contributed by atoms with Crippen LogP contribution >= 0.6 is 11.6 Å². The third-order valence-electron chi connectivity index (χ3n) is 3.43. The number of hydrogen-bond acceptors (Lipinski definition) is 4. The summed E-state index contributed by atoms with van der Waals surface area (Å²) in [4.78, 5) is 11.7. The number of allylic oxidation sites excluding steroid dienone is 2. The lowest BCUT2D eigenvalue weighted by atomic mass is 9.91. The smallest absolute Gasteiger partial charge is 0.348 e. The van der Waals surface area contributed by atoms with Gasteiger partial charge in [0.2, 0.25) is 0 Å². The molecular formula is C17H16ClNO3. The van der Waals surface area contributed by atoms with E-state index in [1.165, 1.54) is 6.08 Å². The largest absolute Gasteiger partial charge is 0.497 e. The van der Waals surface area contributed by atoms with Crippen LogP contribution in [0.15, 0.2) is 35.4 Å². The van der Waals surface area contributed by atoms with Crippen LogP contribution < -0.4 is 4.74 Å². The number of carbonyl (C=O) groups excluding carboxylic acids is 1. The third-order valence-corrected chi connectivity index (χ3v) is 3.88. The first-order chi connectivity index (χ1) is 10.6. The van der Waals surface area contributed by atoms with Gasteiger partial charge >= 0.3 is 5.97 Å². The zero-order valence-corrected chi connectivity index (χ0v) is 13.2. The molecule has 1 aromatic carbocycles. The molecule has 0 heterocycles. The van der Waals surface area contributed by atoms with Crippen molar-refractivity contribution >= 4 is 22.6 Å². The Morgan fingerprint density at radius 2 is 2.23 bits per heavy atom. The SMILES string of the molecule is CCOC(=O)/C(C#N)=C\C1=C(Cl)c2ccc(OC)cc2CC1. The van der Waals surface area contributed by atoms with E-state index in [0.29, 0.717) is 11.5 Å². The number of hydrogen-bond donors (Lipinski definition) is 0. The van der Waals surface area contributed by atoms with Crippen molar-refractivity contribution in [2.75, 3.05) is 13.7 Å². The molecule has 0 spiro atoms. The Morgan fingerprint density at radius 3 is 2.86 bits per heavy atom. The first-order valence-corrected chi connectivity index (χ1v) is 7.33. The molecule has 1 aliphatic carbocycles. The van der Waals surface area contributed by atoms with Gasteiger partial charge in [0.25, 0.3) is 0 Å². The lowest BCUT2D eigenvalue weighted by molar-refractivity contribution is -0.138. The van der Waals surface area contributed by atoms with Gasteiger partial charge in [-0.2, -0.15) is 5.26 Å². The predicted molar refractivity (Wildman–Crippen MR) is 84.4 cm³/mol. The molecule has 0 aliphatic heterocycles. The third kappa shape index (κ3) is 3.32. The fourth-order valence-electron chi connectivity index (χ4n) is 2.33. The van der Waals surface area contributed by atoms with E-state index in [4.69, 9.17) is 26.3 Å². The quantitative estimate of drug-likeness (QED) is 0.483. The fraction of sp³-hybridized carbons (Fsp3) is 0.294. The number of aryl methyl sites for hydroxylation is 1. The van der Waals surface area contributed by atoms with Crippen LogP contribution in [-0.4, -0.2) is 19.7 Å². The van der Waals surface area contributed by atoms with Gasteiger partial charge in [-0.15, -0.1) is 0 Å². The molecule has 22 heavy (non-hydrogen) atoms. The van der Waals surface area contributed by atoms with E-state index in [1.54, 1.807) is 14.0 Å². The maximum Gasteiger partial charge on any atom is 0.348 e. The maximum atomic E-state index is 11.7. The number of ether oxygens (including phenoxy) is 2. The molecule has 0 fully saturated rings. The standard InChI is InChI=1S/C17H16ClNO3/c1-3-22-17(20)13(10-19)8-12-5-4-11-9-14(21-2)6-7-15(11)16(12)18/h6-9H,3-5H2,1-2H3/b13-8-. The highest BCUT2D eigenvalue weighted by Gasteiger charge is 2.19. The Hall–Kier alpha value is -2.25. The average molecular weight is 318 g/mol. The van der Waals surface area contributed by atoms with Crippen LogP contribution in [-0.2, 0) is 16.0 Å². The zero-order valence-electron chi connectivity index (χ0n) is 12.5. The number of rotatable bonds is 4. The monoisotopic (exact) mass is 317 g/mol. The van der Waals surface area contributed by atoms with E-state index in [2.05, 4.69) is 0 Å². The van der Waals surface area contributed by atoms with Crippen LogP contribution in [0, 0.1) is 11.3 Å². The molecule has 0 atom stereocenters. The molecular weight excluding hydrogens is 302 g/mol. The normalized spacial score (nSPS) is 14.2. The van der Waals surface area contributed by atoms with Gasteiger partial charge in [-0.25, -0.2) is 4.79 Å². The summed E-state index contributed by atoms with van der Waals surface area (Å²) in [6.45, 7) is 1.93. The van der Waals surface area contributed by atoms with Crippen LogP contribution in [0.4, 0.5) is 0 Å². The van der Waals surface area contributed by atoms with E-state index in [-0.39, 0.29) is 12.2 Å². The highest BCUT2D eigenvalue weighted by Crippen LogP contribution is 2.36. The Labute approximate surface area is 134 Å². The fourth-order valence-corrected chi connectivity index (χ4v) is 2.66. The predicted octanol–water partition coefficient (Wildman–Crippen LogP) is 3.60. The maximum absolute atomic E-state index is 11.7. The molecule has 0 amide bonds. The number of esters is 1. The topological polar surface area (TPSA) is 59.3 Å². The van der Waals surface area contributed by atoms with Crippen molar-refractivity contribution in [3.05, 3.63) is 46.5 Å². The molecule has 0 aromatic heterocycles. The van der Waals surface area contributed by atoms with Crippen LogP contribution in [0.1, 0.15) is 24.5 Å². The average Bonchev–Trinajstić information content (AvgIpc) is 2.54. The van der Waals surface area contributed by atoms with Crippen molar-refractivity contribution in [2.24, 2.45) is 0 Å². The second-order valence-electron chi connectivity index (χ2n) is 4.75. The van der Waals surface area contributed by atoms with Gasteiger partial charge in [0.1, 0.15) is 17.4 Å². The molecule has 1 aromatic rings. The summed E-state index contributed by atoms with van der Waals surface area (Å²) < 4.78 is 10.1. The number of methoxy groups -OCH3 is 1. The van der Waals surface area contributed by atoms with Crippen LogP contribution in [0.2, 0.25) is 0 Å². The van der Waals surface area contributed by atoms with Crippen molar-refractivity contribution in [1.29, 1.82) is 5.26 Å². The van der Waals surface area contributed by atoms with E-state index >= 15 is 0 Å². The summed E-state index contributed by atoms with van der Waals surface area (Å²) in [6, 6.07) is 7.55. The van der Waals surface area contributed by atoms with E-state index in [1.807, 2.05) is 24.3 Å². The summed E-state index contributed by atoms with van der Waals surface area (Å²) in [5, 5.41) is 9.66. The lowest BCUT2D eigenvalue weighted by Gasteiger charge is -2.19. The Balaban J connectivity index is 2.39. The molecule has 2 rings (SSSR count). The molecule has 0 N–H and O–H groups in total. The number of nitrogens with zero attached hydrogens (tertiary/aromatic N) is 1. The van der Waals surface area contributed by atoms with Gasteiger partial charge in [-0.1, -0.05) is 11.6 Å². The molecule has 1 aliphatic rings. The minimum atomic E-state index is -0.623. The molecule has 0 radical (unpaired) electrons. The summed E-state index contributed by atoms with van der Waals surface area (Å²) >= 11 is 6.42. The molecule has 0 bridgehead atoms. The van der Waals surface area contributed by atoms with Crippen molar-refractivity contribution in [1.82, 2.24) is 0 Å². The molecule has 5 heteroatoms.